The van der Waals surface area contributed by atoms with Gasteiger partial charge in [0.05, 0.1) is 16.5 Å². The smallest absolute Gasteiger partial charge is 0.338 e. The van der Waals surface area contributed by atoms with Crippen molar-refractivity contribution in [3.05, 3.63) is 89.5 Å². The third-order valence-corrected chi connectivity index (χ3v) is 7.99. The van der Waals surface area contributed by atoms with Crippen LogP contribution in [0.25, 0.3) is 0 Å². The summed E-state index contributed by atoms with van der Waals surface area (Å²) in [6.45, 7) is 3.62. The highest BCUT2D eigenvalue weighted by Gasteiger charge is 2.37. The predicted octanol–water partition coefficient (Wildman–Crippen LogP) is 5.60. The number of hydrogen-bond donors (Lipinski definition) is 0. The van der Waals surface area contributed by atoms with Gasteiger partial charge in [-0.2, -0.15) is 0 Å². The Hall–Kier alpha value is -2.32. The van der Waals surface area contributed by atoms with Crippen LogP contribution in [0, 0.1) is 0 Å². The topological polar surface area (TPSA) is 52.6 Å². The van der Waals surface area contributed by atoms with Crippen molar-refractivity contribution in [3.63, 3.8) is 0 Å². The molecule has 0 amide bonds. The first-order valence-corrected chi connectivity index (χ1v) is 12.7. The largest absolute Gasteiger partial charge is 0.461 e. The molecule has 0 saturated heterocycles. The molecule has 0 unspecified atom stereocenters. The fourth-order valence-electron chi connectivity index (χ4n) is 3.53. The molecular formula is C26H24IO4S+. The molecule has 0 radical (unpaired) electrons. The van der Waals surface area contributed by atoms with E-state index < -0.39 is 9.39 Å². The molecule has 32 heavy (non-hydrogen) atoms. The van der Waals surface area contributed by atoms with Crippen molar-refractivity contribution in [1.29, 1.82) is 0 Å². The van der Waals surface area contributed by atoms with Gasteiger partial charge in [0.15, 0.2) is 14.7 Å². The second-order valence-electron chi connectivity index (χ2n) is 7.97. The highest BCUT2D eigenvalue weighted by atomic mass is 127. The van der Waals surface area contributed by atoms with Crippen LogP contribution in [0.2, 0.25) is 0 Å². The van der Waals surface area contributed by atoms with Gasteiger partial charge in [-0.1, -0.05) is 59.0 Å². The number of carbonyl (C=O) groups excluding carboxylic acids is 2. The molecule has 0 atom stereocenters. The SMILES string of the molecule is CC(C)(I)C(=O)OCCOC(=O)c1ccc([S+]2c3ccccc3Cc3ccccc32)cc1. The van der Waals surface area contributed by atoms with Crippen LogP contribution in [0.1, 0.15) is 35.3 Å². The lowest BCUT2D eigenvalue weighted by molar-refractivity contribution is -0.146. The Balaban J connectivity index is 1.47. The van der Waals surface area contributed by atoms with Crippen LogP contribution in [-0.2, 0) is 31.6 Å². The molecule has 0 saturated carbocycles. The fourth-order valence-corrected chi connectivity index (χ4v) is 6.07. The maximum Gasteiger partial charge on any atom is 0.338 e. The minimum absolute atomic E-state index is 0.0319. The molecule has 164 valence electrons. The summed E-state index contributed by atoms with van der Waals surface area (Å²) >= 11 is 2.02. The molecule has 0 spiro atoms. The van der Waals surface area contributed by atoms with Gasteiger partial charge in [-0.15, -0.1) is 0 Å². The number of fused-ring (bicyclic) bond motifs is 2. The first-order valence-electron chi connectivity index (χ1n) is 10.4. The van der Waals surface area contributed by atoms with Crippen LogP contribution in [-0.4, -0.2) is 28.6 Å². The molecule has 1 aliphatic rings. The first-order chi connectivity index (χ1) is 15.3. The molecule has 6 heteroatoms. The molecule has 3 aromatic rings. The third kappa shape index (κ3) is 5.02. The molecular weight excluding hydrogens is 535 g/mol. The number of esters is 2. The summed E-state index contributed by atoms with van der Waals surface area (Å²) in [7, 11) is -0.210. The van der Waals surface area contributed by atoms with Gasteiger partial charge in [0.25, 0.3) is 0 Å². The Morgan fingerprint density at radius 3 is 1.94 bits per heavy atom. The van der Waals surface area contributed by atoms with Gasteiger partial charge in [-0.3, -0.25) is 4.79 Å². The second-order valence-corrected chi connectivity index (χ2v) is 12.6. The third-order valence-electron chi connectivity index (χ3n) is 5.13. The zero-order chi connectivity index (χ0) is 22.7. The molecule has 0 aromatic heterocycles. The van der Waals surface area contributed by atoms with Crippen molar-refractivity contribution in [2.75, 3.05) is 13.2 Å². The summed E-state index contributed by atoms with van der Waals surface area (Å²) in [5.41, 5.74) is 3.18. The van der Waals surface area contributed by atoms with E-state index in [1.54, 1.807) is 13.8 Å². The lowest BCUT2D eigenvalue weighted by Crippen LogP contribution is -2.28. The summed E-state index contributed by atoms with van der Waals surface area (Å²) < 4.78 is 9.81. The zero-order valence-corrected chi connectivity index (χ0v) is 20.9. The van der Waals surface area contributed by atoms with Crippen molar-refractivity contribution < 1.29 is 19.1 Å². The van der Waals surface area contributed by atoms with Crippen molar-refractivity contribution >= 4 is 45.4 Å². The van der Waals surface area contributed by atoms with E-state index in [-0.39, 0.29) is 30.1 Å². The summed E-state index contributed by atoms with van der Waals surface area (Å²) in [6.07, 6.45) is 0.944. The van der Waals surface area contributed by atoms with Crippen molar-refractivity contribution in [2.45, 2.75) is 38.4 Å². The number of ether oxygens (including phenoxy) is 2. The Bertz CT molecular complexity index is 1090. The Labute approximate surface area is 204 Å². The molecule has 1 aliphatic heterocycles. The molecule has 0 aliphatic carbocycles. The van der Waals surface area contributed by atoms with Crippen molar-refractivity contribution in [3.8, 4) is 0 Å². The number of alkyl halides is 1. The summed E-state index contributed by atoms with van der Waals surface area (Å²) in [5.74, 6) is -0.748. The fraction of sp³-hybridized carbons (Fsp3) is 0.231. The van der Waals surface area contributed by atoms with Crippen molar-refractivity contribution in [1.82, 2.24) is 0 Å². The predicted molar refractivity (Wildman–Crippen MR) is 134 cm³/mol. The lowest BCUT2D eigenvalue weighted by atomic mass is 10.0. The summed E-state index contributed by atoms with van der Waals surface area (Å²) in [5, 5.41) is 0. The van der Waals surface area contributed by atoms with E-state index in [1.807, 2.05) is 46.9 Å². The number of rotatable bonds is 6. The standard InChI is InChI=1S/C26H24IO4S/c1-26(2,27)25(29)31-16-15-30-24(28)18-11-13-21(14-12-18)32-22-9-5-3-7-19(22)17-20-8-4-6-10-23(20)32/h3-14H,15-17H2,1-2H3/q+1. The van der Waals surface area contributed by atoms with E-state index in [0.29, 0.717) is 5.56 Å². The highest BCUT2D eigenvalue weighted by Crippen LogP contribution is 2.40. The number of halogens is 1. The molecule has 0 N–H and O–H groups in total. The molecule has 4 nitrogen and oxygen atoms in total. The van der Waals surface area contributed by atoms with Gasteiger partial charge in [-0.25, -0.2) is 4.79 Å². The number of benzene rings is 3. The minimum Gasteiger partial charge on any atom is -0.461 e. The van der Waals surface area contributed by atoms with Crippen LogP contribution in [0.3, 0.4) is 0 Å². The molecule has 4 rings (SSSR count). The molecule has 1 heterocycles. The lowest BCUT2D eigenvalue weighted by Gasteiger charge is -2.19. The van der Waals surface area contributed by atoms with Gasteiger partial charge in [0, 0.05) is 17.5 Å². The van der Waals surface area contributed by atoms with Crippen molar-refractivity contribution in [2.24, 2.45) is 0 Å². The van der Waals surface area contributed by atoms with Gasteiger partial charge in [0.1, 0.15) is 16.6 Å². The summed E-state index contributed by atoms with van der Waals surface area (Å²) in [4.78, 5) is 28.0. The first kappa shape index (κ1) is 22.9. The highest BCUT2D eigenvalue weighted by molar-refractivity contribution is 14.1. The van der Waals surface area contributed by atoms with E-state index in [1.165, 1.54) is 25.8 Å². The van der Waals surface area contributed by atoms with E-state index in [2.05, 4.69) is 48.5 Å². The van der Waals surface area contributed by atoms with Crippen LogP contribution in [0.4, 0.5) is 0 Å². The number of hydrogen-bond acceptors (Lipinski definition) is 4. The van der Waals surface area contributed by atoms with Gasteiger partial charge < -0.3 is 9.47 Å². The van der Waals surface area contributed by atoms with Gasteiger partial charge >= 0.3 is 11.9 Å². The van der Waals surface area contributed by atoms with Crippen LogP contribution >= 0.6 is 22.6 Å². The molecule has 0 fully saturated rings. The Morgan fingerprint density at radius 1 is 0.844 bits per heavy atom. The van der Waals surface area contributed by atoms with E-state index >= 15 is 0 Å². The average molecular weight is 559 g/mol. The van der Waals surface area contributed by atoms with Crippen LogP contribution < -0.4 is 0 Å². The average Bonchev–Trinajstić information content (AvgIpc) is 2.79. The van der Waals surface area contributed by atoms with Crippen LogP contribution in [0.15, 0.2) is 87.5 Å². The van der Waals surface area contributed by atoms with Gasteiger partial charge in [-0.05, 0) is 50.2 Å². The second kappa shape index (κ2) is 9.67. The molecule has 3 aromatic carbocycles. The zero-order valence-electron chi connectivity index (χ0n) is 18.0. The molecule has 0 bridgehead atoms. The van der Waals surface area contributed by atoms with Gasteiger partial charge in [0.2, 0.25) is 0 Å². The number of carbonyl (C=O) groups is 2. The summed E-state index contributed by atoms with van der Waals surface area (Å²) in [6, 6.07) is 24.8. The monoisotopic (exact) mass is 559 g/mol. The Kier molecular flexibility index (Phi) is 6.90. The van der Waals surface area contributed by atoms with E-state index in [0.717, 1.165) is 6.42 Å². The Morgan fingerprint density at radius 2 is 1.38 bits per heavy atom. The maximum atomic E-state index is 12.4. The maximum absolute atomic E-state index is 12.4. The van der Waals surface area contributed by atoms with E-state index in [9.17, 15) is 9.59 Å². The van der Waals surface area contributed by atoms with Crippen LogP contribution in [0.5, 0.6) is 0 Å². The normalized spacial score (nSPS) is 13.1. The quantitative estimate of drug-likeness (QED) is 0.102. The minimum atomic E-state index is -0.602. The van der Waals surface area contributed by atoms with E-state index in [4.69, 9.17) is 9.47 Å².